The molecule has 0 fully saturated rings. The number of fused-ring (bicyclic) bond motifs is 1. The fourth-order valence-electron chi connectivity index (χ4n) is 2.84. The molecule has 1 aliphatic rings. The molecule has 0 spiro atoms. The number of aryl methyl sites for hydroxylation is 1. The van der Waals surface area contributed by atoms with Gasteiger partial charge in [0.05, 0.1) is 5.56 Å². The van der Waals surface area contributed by atoms with Crippen molar-refractivity contribution in [2.45, 2.75) is 39.0 Å². The van der Waals surface area contributed by atoms with Crippen molar-refractivity contribution in [3.8, 4) is 11.3 Å². The van der Waals surface area contributed by atoms with Crippen LogP contribution in [0.4, 0.5) is 0 Å². The second kappa shape index (κ2) is 6.53. The Kier molecular flexibility index (Phi) is 4.48. The minimum absolute atomic E-state index is 0.00734. The van der Waals surface area contributed by atoms with E-state index < -0.39 is 0 Å². The normalized spacial score (nSPS) is 13.8. The minimum atomic E-state index is -0.00734. The molecule has 2 aromatic rings. The Bertz CT molecular complexity index is 693. The van der Waals surface area contributed by atoms with Gasteiger partial charge < -0.3 is 10.3 Å². The van der Waals surface area contributed by atoms with Crippen molar-refractivity contribution >= 4 is 17.5 Å². The number of hydrogen-bond donors (Lipinski definition) is 2. The Morgan fingerprint density at radius 2 is 2.14 bits per heavy atom. The number of nitrogens with one attached hydrogen (secondary N) is 2. The number of unbranched alkanes of at least 4 members (excludes halogenated alkanes) is 2. The molecular formula is C17H20ClN3O. The summed E-state index contributed by atoms with van der Waals surface area (Å²) in [5.74, 6) is -0.00734. The largest absolute Gasteiger partial charge is 0.358 e. The molecule has 116 valence electrons. The topological polar surface area (TPSA) is 57.8 Å². The third-order valence-electron chi connectivity index (χ3n) is 4.00. The van der Waals surface area contributed by atoms with Gasteiger partial charge in [0, 0.05) is 35.6 Å². The summed E-state index contributed by atoms with van der Waals surface area (Å²) in [7, 11) is 0. The Balaban J connectivity index is 1.89. The second-order valence-electron chi connectivity index (χ2n) is 5.71. The third kappa shape index (κ3) is 3.17. The predicted octanol–water partition coefficient (Wildman–Crippen LogP) is 3.75. The lowest BCUT2D eigenvalue weighted by molar-refractivity contribution is 0.0946. The van der Waals surface area contributed by atoms with E-state index in [-0.39, 0.29) is 5.91 Å². The highest BCUT2D eigenvalue weighted by Gasteiger charge is 2.20. The van der Waals surface area contributed by atoms with Gasteiger partial charge in [-0.1, -0.05) is 31.4 Å². The summed E-state index contributed by atoms with van der Waals surface area (Å²) in [5, 5.41) is 3.36. The van der Waals surface area contributed by atoms with Crippen molar-refractivity contribution in [3.63, 3.8) is 0 Å². The van der Waals surface area contributed by atoms with E-state index in [1.807, 2.05) is 12.1 Å². The van der Waals surface area contributed by atoms with Crippen molar-refractivity contribution in [1.29, 1.82) is 0 Å². The Morgan fingerprint density at radius 1 is 1.27 bits per heavy atom. The van der Waals surface area contributed by atoms with Crippen LogP contribution < -0.4 is 5.32 Å². The van der Waals surface area contributed by atoms with E-state index in [0.717, 1.165) is 47.5 Å². The van der Waals surface area contributed by atoms with Gasteiger partial charge in [-0.25, -0.2) is 4.98 Å². The van der Waals surface area contributed by atoms with E-state index >= 15 is 0 Å². The molecule has 0 saturated carbocycles. The van der Waals surface area contributed by atoms with Gasteiger partial charge in [0.1, 0.15) is 5.15 Å². The number of aromatic nitrogens is 2. The quantitative estimate of drug-likeness (QED) is 0.652. The summed E-state index contributed by atoms with van der Waals surface area (Å²) in [6.45, 7) is 2.87. The first-order chi connectivity index (χ1) is 10.7. The fourth-order valence-corrected chi connectivity index (χ4v) is 3.07. The van der Waals surface area contributed by atoms with Crippen molar-refractivity contribution in [1.82, 2.24) is 15.3 Å². The number of pyridine rings is 1. The van der Waals surface area contributed by atoms with E-state index in [9.17, 15) is 4.79 Å². The van der Waals surface area contributed by atoms with Gasteiger partial charge in [-0.15, -0.1) is 0 Å². The van der Waals surface area contributed by atoms with Crippen LogP contribution in [0.2, 0.25) is 5.15 Å². The van der Waals surface area contributed by atoms with Gasteiger partial charge >= 0.3 is 0 Å². The molecule has 1 amide bonds. The number of carbonyl (C=O) groups excluding carboxylic acids is 1. The van der Waals surface area contributed by atoms with Crippen LogP contribution in [0.1, 0.15) is 47.9 Å². The summed E-state index contributed by atoms with van der Waals surface area (Å²) in [5.41, 5.74) is 4.67. The smallest absolute Gasteiger partial charge is 0.253 e. The van der Waals surface area contributed by atoms with E-state index in [0.29, 0.717) is 11.7 Å². The first-order valence-corrected chi connectivity index (χ1v) is 8.22. The first kappa shape index (κ1) is 15.1. The molecule has 2 N–H and O–H groups in total. The molecule has 0 aliphatic carbocycles. The van der Waals surface area contributed by atoms with Crippen LogP contribution in [0.15, 0.2) is 18.2 Å². The van der Waals surface area contributed by atoms with Crippen molar-refractivity contribution < 1.29 is 4.79 Å². The van der Waals surface area contributed by atoms with E-state index in [2.05, 4.69) is 28.3 Å². The molecule has 0 aromatic carbocycles. The van der Waals surface area contributed by atoms with Crippen LogP contribution in [0.5, 0.6) is 0 Å². The number of halogens is 1. The number of H-pyrrole nitrogens is 1. The molecule has 0 radical (unpaired) electrons. The van der Waals surface area contributed by atoms with Crippen LogP contribution in [-0.2, 0) is 12.8 Å². The van der Waals surface area contributed by atoms with Gasteiger partial charge in [0.15, 0.2) is 0 Å². The summed E-state index contributed by atoms with van der Waals surface area (Å²) >= 11 is 6.16. The molecule has 0 atom stereocenters. The number of nitrogens with zero attached hydrogens (tertiary/aromatic N) is 1. The van der Waals surface area contributed by atoms with Gasteiger partial charge in [0.2, 0.25) is 0 Å². The highest BCUT2D eigenvalue weighted by atomic mass is 35.5. The van der Waals surface area contributed by atoms with E-state index in [4.69, 9.17) is 11.6 Å². The second-order valence-corrected chi connectivity index (χ2v) is 6.10. The zero-order valence-electron chi connectivity index (χ0n) is 12.7. The molecular weight excluding hydrogens is 298 g/mol. The number of aromatic amines is 1. The van der Waals surface area contributed by atoms with Gasteiger partial charge in [-0.2, -0.15) is 0 Å². The monoisotopic (exact) mass is 317 g/mol. The molecule has 0 bridgehead atoms. The number of amides is 1. The van der Waals surface area contributed by atoms with Crippen molar-refractivity contribution in [3.05, 3.63) is 40.3 Å². The lowest BCUT2D eigenvalue weighted by atomic mass is 10.1. The minimum Gasteiger partial charge on any atom is -0.358 e. The summed E-state index contributed by atoms with van der Waals surface area (Å²) < 4.78 is 0. The molecule has 0 saturated heterocycles. The Hall–Kier alpha value is -1.81. The van der Waals surface area contributed by atoms with Crippen LogP contribution in [0, 0.1) is 0 Å². The zero-order chi connectivity index (χ0) is 15.5. The third-order valence-corrected chi connectivity index (χ3v) is 4.19. The highest BCUT2D eigenvalue weighted by Crippen LogP contribution is 2.26. The van der Waals surface area contributed by atoms with Crippen molar-refractivity contribution in [2.75, 3.05) is 6.54 Å². The molecule has 1 aliphatic heterocycles. The standard InChI is InChI=1S/C17H20ClN3O/c1-2-3-4-5-12-8-11(9-16(18)20-12)15-10-13-14(21-15)6-7-19-17(13)22/h8-10,21H,2-7H2,1H3,(H,19,22). The average molecular weight is 318 g/mol. The zero-order valence-corrected chi connectivity index (χ0v) is 13.5. The maximum absolute atomic E-state index is 11.9. The average Bonchev–Trinajstić information content (AvgIpc) is 2.93. The summed E-state index contributed by atoms with van der Waals surface area (Å²) in [6.07, 6.45) is 5.27. The number of carbonyl (C=O) groups is 1. The van der Waals surface area contributed by atoms with Gasteiger partial charge in [-0.05, 0) is 31.0 Å². The Morgan fingerprint density at radius 3 is 2.91 bits per heavy atom. The maximum Gasteiger partial charge on any atom is 0.253 e. The highest BCUT2D eigenvalue weighted by molar-refractivity contribution is 6.29. The predicted molar refractivity (Wildman–Crippen MR) is 88.3 cm³/mol. The van der Waals surface area contributed by atoms with Crippen LogP contribution >= 0.6 is 11.6 Å². The first-order valence-electron chi connectivity index (χ1n) is 7.84. The maximum atomic E-state index is 11.9. The van der Waals surface area contributed by atoms with E-state index in [1.165, 1.54) is 12.8 Å². The molecule has 5 heteroatoms. The Labute approximate surface area is 135 Å². The van der Waals surface area contributed by atoms with E-state index in [1.54, 1.807) is 0 Å². The summed E-state index contributed by atoms with van der Waals surface area (Å²) in [6, 6.07) is 5.82. The molecule has 2 aromatic heterocycles. The molecule has 0 unspecified atom stereocenters. The fraction of sp³-hybridized carbons (Fsp3) is 0.412. The molecule has 3 rings (SSSR count). The van der Waals surface area contributed by atoms with Crippen molar-refractivity contribution in [2.24, 2.45) is 0 Å². The number of hydrogen-bond acceptors (Lipinski definition) is 2. The van der Waals surface area contributed by atoms with Gasteiger partial charge in [-0.3, -0.25) is 4.79 Å². The lowest BCUT2D eigenvalue weighted by Gasteiger charge is -2.11. The summed E-state index contributed by atoms with van der Waals surface area (Å²) in [4.78, 5) is 19.6. The van der Waals surface area contributed by atoms with Crippen LogP contribution in [-0.4, -0.2) is 22.4 Å². The number of rotatable bonds is 5. The molecule has 3 heterocycles. The van der Waals surface area contributed by atoms with Crippen LogP contribution in [0.3, 0.4) is 0 Å². The lowest BCUT2D eigenvalue weighted by Crippen LogP contribution is -2.31. The molecule has 4 nitrogen and oxygen atoms in total. The SMILES string of the molecule is CCCCCc1cc(-c2cc3c([nH]2)CCNC3=O)cc(Cl)n1. The van der Waals surface area contributed by atoms with Crippen LogP contribution in [0.25, 0.3) is 11.3 Å². The molecule has 22 heavy (non-hydrogen) atoms. The van der Waals surface area contributed by atoms with Gasteiger partial charge in [0.25, 0.3) is 5.91 Å².